The first-order valence-corrected chi connectivity index (χ1v) is 5.98. The molecule has 1 aliphatic rings. The first kappa shape index (κ1) is 12.1. The van der Waals surface area contributed by atoms with Crippen LogP contribution in [0.1, 0.15) is 17.9 Å². The SMILES string of the molecule is OCC1=C[C@H](CO)[C@@H](c2ccccc2)C=CC1. The van der Waals surface area contributed by atoms with E-state index in [1.807, 2.05) is 24.3 Å². The van der Waals surface area contributed by atoms with Crippen LogP contribution in [0.4, 0.5) is 0 Å². The predicted octanol–water partition coefficient (Wildman–Crippen LogP) is 2.26. The summed E-state index contributed by atoms with van der Waals surface area (Å²) in [4.78, 5) is 0. The monoisotopic (exact) mass is 230 g/mol. The van der Waals surface area contributed by atoms with Gasteiger partial charge in [0.05, 0.1) is 13.2 Å². The van der Waals surface area contributed by atoms with Gasteiger partial charge in [0.1, 0.15) is 0 Å². The molecule has 2 N–H and O–H groups in total. The minimum absolute atomic E-state index is 0.0540. The Morgan fingerprint density at radius 2 is 1.88 bits per heavy atom. The zero-order valence-electron chi connectivity index (χ0n) is 9.79. The van der Waals surface area contributed by atoms with Crippen molar-refractivity contribution in [2.75, 3.05) is 13.2 Å². The minimum Gasteiger partial charge on any atom is -0.396 e. The van der Waals surface area contributed by atoms with Gasteiger partial charge in [0.25, 0.3) is 0 Å². The quantitative estimate of drug-likeness (QED) is 0.782. The zero-order valence-corrected chi connectivity index (χ0v) is 9.79. The molecule has 0 unspecified atom stereocenters. The van der Waals surface area contributed by atoms with E-state index in [0.717, 1.165) is 12.0 Å². The van der Waals surface area contributed by atoms with E-state index in [0.29, 0.717) is 0 Å². The van der Waals surface area contributed by atoms with Crippen LogP contribution in [0.5, 0.6) is 0 Å². The predicted molar refractivity (Wildman–Crippen MR) is 68.7 cm³/mol. The number of aliphatic hydroxyl groups is 2. The highest BCUT2D eigenvalue weighted by Crippen LogP contribution is 2.30. The summed E-state index contributed by atoms with van der Waals surface area (Å²) in [5.74, 6) is 0.253. The first-order chi connectivity index (χ1) is 8.35. The molecule has 17 heavy (non-hydrogen) atoms. The van der Waals surface area contributed by atoms with Crippen LogP contribution in [0.2, 0.25) is 0 Å². The molecule has 1 aromatic rings. The van der Waals surface area contributed by atoms with E-state index in [1.165, 1.54) is 5.56 Å². The van der Waals surface area contributed by atoms with Crippen molar-refractivity contribution in [2.24, 2.45) is 5.92 Å². The van der Waals surface area contributed by atoms with Crippen LogP contribution in [0.25, 0.3) is 0 Å². The maximum atomic E-state index is 9.50. The van der Waals surface area contributed by atoms with Crippen LogP contribution in [0.3, 0.4) is 0 Å². The molecule has 0 radical (unpaired) electrons. The van der Waals surface area contributed by atoms with Gasteiger partial charge in [-0.05, 0) is 17.6 Å². The molecule has 0 aliphatic heterocycles. The van der Waals surface area contributed by atoms with E-state index in [-0.39, 0.29) is 25.0 Å². The first-order valence-electron chi connectivity index (χ1n) is 5.98. The van der Waals surface area contributed by atoms with Crippen LogP contribution in [-0.2, 0) is 0 Å². The lowest BCUT2D eigenvalue weighted by Gasteiger charge is -2.20. The molecule has 0 aromatic heterocycles. The summed E-state index contributed by atoms with van der Waals surface area (Å²) in [6.45, 7) is 0.176. The van der Waals surface area contributed by atoms with Gasteiger partial charge in [-0.3, -0.25) is 0 Å². The lowest BCUT2D eigenvalue weighted by molar-refractivity contribution is 0.242. The van der Waals surface area contributed by atoms with Crippen molar-refractivity contribution in [3.63, 3.8) is 0 Å². The highest BCUT2D eigenvalue weighted by molar-refractivity contribution is 5.29. The van der Waals surface area contributed by atoms with Gasteiger partial charge >= 0.3 is 0 Å². The molecule has 0 spiro atoms. The molecule has 1 aliphatic carbocycles. The molecule has 1 aromatic carbocycles. The summed E-state index contributed by atoms with van der Waals surface area (Å²) in [6.07, 6.45) is 7.00. The maximum absolute atomic E-state index is 9.50. The van der Waals surface area contributed by atoms with Gasteiger partial charge in [-0.1, -0.05) is 48.6 Å². The molecule has 0 amide bonds. The van der Waals surface area contributed by atoms with Crippen LogP contribution in [0, 0.1) is 5.92 Å². The third kappa shape index (κ3) is 2.84. The van der Waals surface area contributed by atoms with E-state index in [2.05, 4.69) is 24.3 Å². The maximum Gasteiger partial charge on any atom is 0.0644 e. The molecule has 0 fully saturated rings. The Labute approximate surface area is 102 Å². The van der Waals surface area contributed by atoms with E-state index < -0.39 is 0 Å². The number of hydrogen-bond acceptors (Lipinski definition) is 2. The summed E-state index contributed by atoms with van der Waals surface area (Å²) in [5.41, 5.74) is 2.19. The highest BCUT2D eigenvalue weighted by atomic mass is 16.3. The van der Waals surface area contributed by atoms with Gasteiger partial charge in [-0.2, -0.15) is 0 Å². The van der Waals surface area contributed by atoms with Crippen molar-refractivity contribution in [1.82, 2.24) is 0 Å². The van der Waals surface area contributed by atoms with Gasteiger partial charge in [-0.15, -0.1) is 0 Å². The molecular formula is C15H18O2. The topological polar surface area (TPSA) is 40.5 Å². The van der Waals surface area contributed by atoms with Crippen LogP contribution in [0.15, 0.2) is 54.1 Å². The van der Waals surface area contributed by atoms with Crippen molar-refractivity contribution in [3.8, 4) is 0 Å². The molecule has 0 saturated carbocycles. The number of allylic oxidation sites excluding steroid dienone is 2. The smallest absolute Gasteiger partial charge is 0.0644 e. The van der Waals surface area contributed by atoms with Gasteiger partial charge in [0.15, 0.2) is 0 Å². The Balaban J connectivity index is 2.30. The average Bonchev–Trinajstić information content (AvgIpc) is 2.61. The molecule has 2 nitrogen and oxygen atoms in total. The number of hydrogen-bond donors (Lipinski definition) is 2. The van der Waals surface area contributed by atoms with Gasteiger partial charge in [0.2, 0.25) is 0 Å². The van der Waals surface area contributed by atoms with E-state index in [9.17, 15) is 10.2 Å². The van der Waals surface area contributed by atoms with Crippen LogP contribution in [-0.4, -0.2) is 23.4 Å². The molecular weight excluding hydrogens is 212 g/mol. The fourth-order valence-corrected chi connectivity index (χ4v) is 2.30. The Kier molecular flexibility index (Phi) is 4.13. The van der Waals surface area contributed by atoms with Crippen LogP contribution >= 0.6 is 0 Å². The molecule has 2 rings (SSSR count). The summed E-state index contributed by atoms with van der Waals surface area (Å²) < 4.78 is 0. The van der Waals surface area contributed by atoms with Crippen molar-refractivity contribution in [1.29, 1.82) is 0 Å². The third-order valence-corrected chi connectivity index (χ3v) is 3.23. The fourth-order valence-electron chi connectivity index (χ4n) is 2.30. The van der Waals surface area contributed by atoms with Gasteiger partial charge < -0.3 is 10.2 Å². The third-order valence-electron chi connectivity index (χ3n) is 3.23. The summed E-state index contributed by atoms with van der Waals surface area (Å²) in [7, 11) is 0. The molecule has 0 heterocycles. The summed E-state index contributed by atoms with van der Waals surface area (Å²) in [6, 6.07) is 10.2. The lowest BCUT2D eigenvalue weighted by atomic mass is 9.86. The Bertz CT molecular complexity index is 406. The summed E-state index contributed by atoms with van der Waals surface area (Å²) in [5, 5.41) is 18.7. The molecule has 2 heteroatoms. The molecule has 0 saturated heterocycles. The fraction of sp³-hybridized carbons (Fsp3) is 0.333. The van der Waals surface area contributed by atoms with Crippen LogP contribution < -0.4 is 0 Å². The van der Waals surface area contributed by atoms with Gasteiger partial charge in [-0.25, -0.2) is 0 Å². The normalized spacial score (nSPS) is 24.2. The Morgan fingerprint density at radius 1 is 1.12 bits per heavy atom. The van der Waals surface area contributed by atoms with E-state index in [4.69, 9.17) is 0 Å². The zero-order chi connectivity index (χ0) is 12.1. The van der Waals surface area contributed by atoms with Crippen molar-refractivity contribution in [2.45, 2.75) is 12.3 Å². The minimum atomic E-state index is 0.0540. The van der Waals surface area contributed by atoms with E-state index >= 15 is 0 Å². The van der Waals surface area contributed by atoms with Gasteiger partial charge in [0, 0.05) is 11.8 Å². The second-order valence-electron chi connectivity index (χ2n) is 4.40. The summed E-state index contributed by atoms with van der Waals surface area (Å²) >= 11 is 0. The largest absolute Gasteiger partial charge is 0.396 e. The second kappa shape index (κ2) is 5.80. The average molecular weight is 230 g/mol. The van der Waals surface area contributed by atoms with Crippen molar-refractivity contribution < 1.29 is 10.2 Å². The molecule has 2 atom stereocenters. The Hall–Kier alpha value is -1.38. The lowest BCUT2D eigenvalue weighted by Crippen LogP contribution is -2.13. The molecule has 90 valence electrons. The number of aliphatic hydroxyl groups excluding tert-OH is 2. The Morgan fingerprint density at radius 3 is 2.53 bits per heavy atom. The number of rotatable bonds is 3. The van der Waals surface area contributed by atoms with E-state index in [1.54, 1.807) is 0 Å². The van der Waals surface area contributed by atoms with Crippen molar-refractivity contribution in [3.05, 3.63) is 59.7 Å². The molecule has 0 bridgehead atoms. The van der Waals surface area contributed by atoms with Crippen molar-refractivity contribution >= 4 is 0 Å². The number of benzene rings is 1. The highest BCUT2D eigenvalue weighted by Gasteiger charge is 2.20. The second-order valence-corrected chi connectivity index (χ2v) is 4.40. The standard InChI is InChI=1S/C15H18O2/c16-10-12-5-4-8-15(14(9-12)11-17)13-6-2-1-3-7-13/h1-4,6-9,14-17H,5,10-11H2/t14-,15-/m1/s1.